The van der Waals surface area contributed by atoms with Gasteiger partial charge in [0.15, 0.2) is 0 Å². The Kier molecular flexibility index (Phi) is 3.89. The zero-order valence-electron chi connectivity index (χ0n) is 13.2. The number of aromatic nitrogens is 4. The molecule has 0 bridgehead atoms. The molecule has 23 heavy (non-hydrogen) atoms. The van der Waals surface area contributed by atoms with E-state index in [0.717, 1.165) is 28.2 Å². The molecule has 0 atom stereocenters. The summed E-state index contributed by atoms with van der Waals surface area (Å²) in [6.45, 7) is 5.88. The highest BCUT2D eigenvalue weighted by Crippen LogP contribution is 2.25. The summed E-state index contributed by atoms with van der Waals surface area (Å²) in [5.74, 6) is 0.567. The van der Waals surface area contributed by atoms with Crippen molar-refractivity contribution in [3.63, 3.8) is 0 Å². The number of aromatic amines is 1. The number of anilines is 2. The molecule has 0 saturated heterocycles. The van der Waals surface area contributed by atoms with Crippen LogP contribution in [-0.4, -0.2) is 20.2 Å². The van der Waals surface area contributed by atoms with Crippen molar-refractivity contribution in [3.8, 4) is 11.3 Å². The third-order valence-electron chi connectivity index (χ3n) is 3.44. The molecule has 0 spiro atoms. The van der Waals surface area contributed by atoms with E-state index in [4.69, 9.17) is 0 Å². The number of H-pyrrole nitrogens is 1. The fourth-order valence-corrected chi connectivity index (χ4v) is 2.32. The van der Waals surface area contributed by atoms with E-state index in [1.54, 1.807) is 6.07 Å². The Balaban J connectivity index is 1.97. The van der Waals surface area contributed by atoms with Gasteiger partial charge in [-0.05, 0) is 44.5 Å². The Hall–Kier alpha value is -3.02. The van der Waals surface area contributed by atoms with Gasteiger partial charge in [0.05, 0.1) is 5.69 Å². The first kappa shape index (κ1) is 14.9. The number of hydrogen-bond acceptors (Lipinski definition) is 5. The minimum atomic E-state index is -0.220. The molecule has 2 heterocycles. The number of hydrogen-bond donors (Lipinski definition) is 2. The fraction of sp³-hybridized carbons (Fsp3) is 0.176. The highest BCUT2D eigenvalue weighted by atomic mass is 16.1. The molecule has 0 aliphatic carbocycles. The molecule has 0 aliphatic rings. The van der Waals surface area contributed by atoms with Crippen molar-refractivity contribution in [2.45, 2.75) is 20.8 Å². The number of benzene rings is 1. The Morgan fingerprint density at radius 3 is 2.35 bits per heavy atom. The van der Waals surface area contributed by atoms with Crippen LogP contribution in [0.15, 0.2) is 41.2 Å². The van der Waals surface area contributed by atoms with E-state index in [9.17, 15) is 4.79 Å². The minimum Gasteiger partial charge on any atom is -0.324 e. The second kappa shape index (κ2) is 6.00. The van der Waals surface area contributed by atoms with Crippen LogP contribution in [0.2, 0.25) is 0 Å². The quantitative estimate of drug-likeness (QED) is 0.777. The molecule has 0 radical (unpaired) electrons. The van der Waals surface area contributed by atoms with Crippen LogP contribution in [0.5, 0.6) is 0 Å². The average Bonchev–Trinajstić information content (AvgIpc) is 2.49. The van der Waals surface area contributed by atoms with E-state index in [1.807, 2.05) is 45.0 Å². The van der Waals surface area contributed by atoms with E-state index in [-0.39, 0.29) is 5.56 Å². The largest absolute Gasteiger partial charge is 0.324 e. The van der Waals surface area contributed by atoms with Crippen LogP contribution < -0.4 is 10.9 Å². The van der Waals surface area contributed by atoms with E-state index in [1.165, 1.54) is 6.07 Å². The summed E-state index contributed by atoms with van der Waals surface area (Å²) < 4.78 is 0. The van der Waals surface area contributed by atoms with Crippen LogP contribution in [-0.2, 0) is 0 Å². The van der Waals surface area contributed by atoms with E-state index in [0.29, 0.717) is 11.6 Å². The third-order valence-corrected chi connectivity index (χ3v) is 3.44. The lowest BCUT2D eigenvalue weighted by Crippen LogP contribution is -2.06. The maximum atomic E-state index is 11.1. The second-order valence-electron chi connectivity index (χ2n) is 5.44. The lowest BCUT2D eigenvalue weighted by Gasteiger charge is -2.11. The molecule has 0 unspecified atom stereocenters. The maximum Gasteiger partial charge on any atom is 0.264 e. The highest BCUT2D eigenvalue weighted by molar-refractivity contribution is 5.69. The van der Waals surface area contributed by atoms with Crippen molar-refractivity contribution in [2.24, 2.45) is 0 Å². The molecule has 6 nitrogen and oxygen atoms in total. The standard InChI is InChI=1S/C17H17N5O/c1-10-4-5-13(14-6-7-16(23)22-21-14)9-15(10)20-17-18-11(2)8-12(3)19-17/h4-9H,1-3H3,(H,22,23)(H,18,19,20). The summed E-state index contributed by atoms with van der Waals surface area (Å²) in [7, 11) is 0. The summed E-state index contributed by atoms with van der Waals surface area (Å²) >= 11 is 0. The SMILES string of the molecule is Cc1cc(C)nc(Nc2cc(-c3ccc(=O)[nH]n3)ccc2C)n1. The van der Waals surface area contributed by atoms with Crippen LogP contribution in [0.1, 0.15) is 17.0 Å². The van der Waals surface area contributed by atoms with Gasteiger partial charge in [-0.1, -0.05) is 12.1 Å². The Bertz CT molecular complexity index is 876. The molecule has 2 N–H and O–H groups in total. The summed E-state index contributed by atoms with van der Waals surface area (Å²) in [6, 6.07) is 11.0. The zero-order chi connectivity index (χ0) is 16.4. The normalized spacial score (nSPS) is 10.6. The highest BCUT2D eigenvalue weighted by Gasteiger charge is 2.06. The number of nitrogens with one attached hydrogen (secondary N) is 2. The molecule has 6 heteroatoms. The number of nitrogens with zero attached hydrogens (tertiary/aromatic N) is 3. The van der Waals surface area contributed by atoms with Crippen molar-refractivity contribution >= 4 is 11.6 Å². The van der Waals surface area contributed by atoms with Gasteiger partial charge in [0.1, 0.15) is 0 Å². The fourth-order valence-electron chi connectivity index (χ4n) is 2.32. The second-order valence-corrected chi connectivity index (χ2v) is 5.44. The Morgan fingerprint density at radius 1 is 0.957 bits per heavy atom. The molecular formula is C17H17N5O. The van der Waals surface area contributed by atoms with Gasteiger partial charge in [-0.2, -0.15) is 5.10 Å². The predicted octanol–water partition coefficient (Wildman–Crippen LogP) is 2.90. The van der Waals surface area contributed by atoms with Crippen LogP contribution in [0.4, 0.5) is 11.6 Å². The maximum absolute atomic E-state index is 11.1. The first-order valence-electron chi connectivity index (χ1n) is 7.27. The first-order chi connectivity index (χ1) is 11.0. The zero-order valence-corrected chi connectivity index (χ0v) is 13.2. The Labute approximate surface area is 133 Å². The van der Waals surface area contributed by atoms with E-state index < -0.39 is 0 Å². The van der Waals surface area contributed by atoms with Crippen LogP contribution in [0.3, 0.4) is 0 Å². The van der Waals surface area contributed by atoms with Crippen molar-refractivity contribution in [1.82, 2.24) is 20.2 Å². The van der Waals surface area contributed by atoms with Crippen molar-refractivity contribution in [1.29, 1.82) is 0 Å². The van der Waals surface area contributed by atoms with Crippen LogP contribution in [0, 0.1) is 20.8 Å². The molecule has 3 rings (SSSR count). The smallest absolute Gasteiger partial charge is 0.264 e. The minimum absolute atomic E-state index is 0.220. The van der Waals surface area contributed by atoms with Gasteiger partial charge < -0.3 is 5.32 Å². The van der Waals surface area contributed by atoms with Gasteiger partial charge in [0.25, 0.3) is 5.56 Å². The lowest BCUT2D eigenvalue weighted by atomic mass is 10.1. The molecule has 1 aromatic carbocycles. The topological polar surface area (TPSA) is 83.6 Å². The molecule has 0 amide bonds. The van der Waals surface area contributed by atoms with Gasteiger partial charge in [-0.15, -0.1) is 0 Å². The number of rotatable bonds is 3. The van der Waals surface area contributed by atoms with E-state index >= 15 is 0 Å². The van der Waals surface area contributed by atoms with Gasteiger partial charge in [0, 0.05) is 28.7 Å². The molecule has 116 valence electrons. The molecule has 0 saturated carbocycles. The first-order valence-corrected chi connectivity index (χ1v) is 7.27. The predicted molar refractivity (Wildman–Crippen MR) is 89.8 cm³/mol. The summed E-state index contributed by atoms with van der Waals surface area (Å²) in [6.07, 6.45) is 0. The molecule has 2 aromatic heterocycles. The average molecular weight is 307 g/mol. The summed E-state index contributed by atoms with van der Waals surface area (Å²) in [5, 5.41) is 9.76. The van der Waals surface area contributed by atoms with Crippen LogP contribution >= 0.6 is 0 Å². The number of aryl methyl sites for hydroxylation is 3. The van der Waals surface area contributed by atoms with Gasteiger partial charge in [-0.25, -0.2) is 15.1 Å². The Morgan fingerprint density at radius 2 is 1.70 bits per heavy atom. The van der Waals surface area contributed by atoms with Crippen LogP contribution in [0.25, 0.3) is 11.3 Å². The van der Waals surface area contributed by atoms with Gasteiger partial charge >= 0.3 is 0 Å². The summed E-state index contributed by atoms with van der Waals surface area (Å²) in [5.41, 5.74) is 5.18. The molecule has 3 aromatic rings. The monoisotopic (exact) mass is 307 g/mol. The van der Waals surface area contributed by atoms with Gasteiger partial charge in [-0.3, -0.25) is 4.79 Å². The third kappa shape index (κ3) is 3.42. The van der Waals surface area contributed by atoms with Crippen molar-refractivity contribution in [2.75, 3.05) is 5.32 Å². The summed E-state index contributed by atoms with van der Waals surface area (Å²) in [4.78, 5) is 19.9. The van der Waals surface area contributed by atoms with Crippen molar-refractivity contribution < 1.29 is 0 Å². The van der Waals surface area contributed by atoms with Gasteiger partial charge in [0.2, 0.25) is 5.95 Å². The van der Waals surface area contributed by atoms with Crippen molar-refractivity contribution in [3.05, 3.63) is 63.7 Å². The molecule has 0 fully saturated rings. The molecule has 0 aliphatic heterocycles. The molecular weight excluding hydrogens is 290 g/mol. The van der Waals surface area contributed by atoms with E-state index in [2.05, 4.69) is 25.5 Å². The lowest BCUT2D eigenvalue weighted by molar-refractivity contribution is 0.995.